The topological polar surface area (TPSA) is 12.5 Å². The number of nitrogens with zero attached hydrogens (tertiary/aromatic N) is 1. The van der Waals surface area contributed by atoms with E-state index in [0.29, 0.717) is 0 Å². The van der Waals surface area contributed by atoms with Crippen molar-refractivity contribution in [2.24, 2.45) is 0 Å². The molecule has 0 aliphatic rings. The van der Waals surface area contributed by atoms with Crippen molar-refractivity contribution in [2.75, 3.05) is 25.9 Å². The average molecular weight is 217 g/mol. The van der Waals surface area contributed by atoms with Crippen LogP contribution in [0.15, 0.2) is 0 Å². The van der Waals surface area contributed by atoms with Crippen molar-refractivity contribution in [3.05, 3.63) is 0 Å². The van der Waals surface area contributed by atoms with E-state index in [1.54, 1.807) is 0 Å². The SMILES string of the molecule is CCCN(CCC)C[Si](C)(C)OCC. The molecule has 0 saturated heterocycles. The zero-order valence-electron chi connectivity index (χ0n) is 10.6. The third-order valence-corrected chi connectivity index (χ3v) is 4.50. The van der Waals surface area contributed by atoms with Gasteiger partial charge in [-0.3, -0.25) is 0 Å². The van der Waals surface area contributed by atoms with Gasteiger partial charge in [0.05, 0.1) is 0 Å². The third-order valence-electron chi connectivity index (χ3n) is 2.22. The summed E-state index contributed by atoms with van der Waals surface area (Å²) >= 11 is 0. The lowest BCUT2D eigenvalue weighted by molar-refractivity contribution is 0.267. The highest BCUT2D eigenvalue weighted by molar-refractivity contribution is 6.71. The Kier molecular flexibility index (Phi) is 7.50. The molecule has 0 aromatic carbocycles. The lowest BCUT2D eigenvalue weighted by atomic mass is 10.4. The van der Waals surface area contributed by atoms with Crippen molar-refractivity contribution in [2.45, 2.75) is 46.7 Å². The molecule has 3 heteroatoms. The lowest BCUT2D eigenvalue weighted by Gasteiger charge is -2.30. The molecule has 0 rings (SSSR count). The van der Waals surface area contributed by atoms with E-state index < -0.39 is 8.32 Å². The molecule has 0 saturated carbocycles. The predicted octanol–water partition coefficient (Wildman–Crippen LogP) is 2.89. The minimum Gasteiger partial charge on any atom is -0.416 e. The summed E-state index contributed by atoms with van der Waals surface area (Å²) in [6.07, 6.45) is 3.68. The Morgan fingerprint density at radius 1 is 1.00 bits per heavy atom. The molecule has 2 nitrogen and oxygen atoms in total. The van der Waals surface area contributed by atoms with Crippen LogP contribution >= 0.6 is 0 Å². The molecule has 0 aromatic heterocycles. The van der Waals surface area contributed by atoms with Gasteiger partial charge in [-0.1, -0.05) is 13.8 Å². The molecule has 0 N–H and O–H groups in total. The van der Waals surface area contributed by atoms with Crippen molar-refractivity contribution in [3.8, 4) is 0 Å². The first-order valence-corrected chi connectivity index (χ1v) is 9.03. The van der Waals surface area contributed by atoms with Crippen molar-refractivity contribution >= 4 is 8.32 Å². The molecule has 0 heterocycles. The minimum atomic E-state index is -1.41. The Hall–Kier alpha value is 0.137. The molecule has 0 aliphatic heterocycles. The average Bonchev–Trinajstić information content (AvgIpc) is 2.03. The lowest BCUT2D eigenvalue weighted by Crippen LogP contribution is -2.45. The molecule has 0 aliphatic carbocycles. The van der Waals surface area contributed by atoms with Gasteiger partial charge in [0.1, 0.15) is 0 Å². The highest BCUT2D eigenvalue weighted by Gasteiger charge is 2.24. The van der Waals surface area contributed by atoms with E-state index in [1.165, 1.54) is 32.1 Å². The Morgan fingerprint density at radius 3 is 1.86 bits per heavy atom. The summed E-state index contributed by atoms with van der Waals surface area (Å²) < 4.78 is 5.85. The van der Waals surface area contributed by atoms with E-state index in [0.717, 1.165) is 6.61 Å². The van der Waals surface area contributed by atoms with Gasteiger partial charge in [-0.15, -0.1) is 0 Å². The first kappa shape index (κ1) is 14.1. The molecule has 86 valence electrons. The fourth-order valence-corrected chi connectivity index (χ4v) is 4.14. The Morgan fingerprint density at radius 2 is 1.50 bits per heavy atom. The molecule has 0 spiro atoms. The van der Waals surface area contributed by atoms with Gasteiger partial charge in [0, 0.05) is 12.8 Å². The summed E-state index contributed by atoms with van der Waals surface area (Å²) in [6, 6.07) is 0. The fourth-order valence-electron chi connectivity index (χ4n) is 1.88. The number of hydrogen-bond donors (Lipinski definition) is 0. The van der Waals surface area contributed by atoms with E-state index in [1.807, 2.05) is 0 Å². The third kappa shape index (κ3) is 6.57. The summed E-state index contributed by atoms with van der Waals surface area (Å²) in [7, 11) is -1.41. The first-order chi connectivity index (χ1) is 6.55. The van der Waals surface area contributed by atoms with Crippen LogP contribution in [0, 0.1) is 0 Å². The van der Waals surface area contributed by atoms with Crippen LogP contribution in [0.25, 0.3) is 0 Å². The second-order valence-electron chi connectivity index (χ2n) is 4.47. The van der Waals surface area contributed by atoms with E-state index >= 15 is 0 Å². The maximum Gasteiger partial charge on any atom is 0.200 e. The van der Waals surface area contributed by atoms with Gasteiger partial charge in [-0.05, 0) is 45.9 Å². The van der Waals surface area contributed by atoms with Gasteiger partial charge >= 0.3 is 0 Å². The predicted molar refractivity (Wildman–Crippen MR) is 66.1 cm³/mol. The van der Waals surface area contributed by atoms with Crippen LogP contribution in [-0.4, -0.2) is 39.1 Å². The summed E-state index contributed by atoms with van der Waals surface area (Å²) in [5.74, 6) is 0. The molecule has 0 aromatic rings. The van der Waals surface area contributed by atoms with Crippen LogP contribution in [0.1, 0.15) is 33.6 Å². The van der Waals surface area contributed by atoms with Crippen LogP contribution in [0.5, 0.6) is 0 Å². The largest absolute Gasteiger partial charge is 0.416 e. The van der Waals surface area contributed by atoms with Crippen LogP contribution in [0.2, 0.25) is 13.1 Å². The van der Waals surface area contributed by atoms with Crippen LogP contribution < -0.4 is 0 Å². The Bertz CT molecular complexity index is 133. The van der Waals surface area contributed by atoms with Crippen molar-refractivity contribution in [1.82, 2.24) is 4.90 Å². The molecule has 0 amide bonds. The van der Waals surface area contributed by atoms with Crippen molar-refractivity contribution in [1.29, 1.82) is 0 Å². The van der Waals surface area contributed by atoms with Gasteiger partial charge in [0.2, 0.25) is 0 Å². The maximum atomic E-state index is 5.85. The van der Waals surface area contributed by atoms with E-state index in [4.69, 9.17) is 4.43 Å². The minimum absolute atomic E-state index is 0.866. The first-order valence-electron chi connectivity index (χ1n) is 5.92. The summed E-state index contributed by atoms with van der Waals surface area (Å²) in [6.45, 7) is 14.5. The van der Waals surface area contributed by atoms with E-state index in [2.05, 4.69) is 38.8 Å². The molecule has 0 fully saturated rings. The number of rotatable bonds is 8. The smallest absolute Gasteiger partial charge is 0.200 e. The highest BCUT2D eigenvalue weighted by atomic mass is 28.4. The number of hydrogen-bond acceptors (Lipinski definition) is 2. The Balaban J connectivity index is 3.98. The highest BCUT2D eigenvalue weighted by Crippen LogP contribution is 2.08. The van der Waals surface area contributed by atoms with Crippen molar-refractivity contribution in [3.63, 3.8) is 0 Å². The molecular weight excluding hydrogens is 190 g/mol. The van der Waals surface area contributed by atoms with Crippen LogP contribution in [0.4, 0.5) is 0 Å². The Labute approximate surface area is 90.8 Å². The van der Waals surface area contributed by atoms with Gasteiger partial charge < -0.3 is 9.33 Å². The molecule has 0 atom stereocenters. The quantitative estimate of drug-likeness (QED) is 0.580. The molecular formula is C11H27NOSi. The van der Waals surface area contributed by atoms with Gasteiger partial charge in [-0.25, -0.2) is 0 Å². The zero-order chi connectivity index (χ0) is 11.0. The summed E-state index contributed by atoms with van der Waals surface area (Å²) in [5, 5.41) is 0. The standard InChI is InChI=1S/C11H27NOSi/c1-6-9-12(10-7-2)11-14(4,5)13-8-3/h6-11H2,1-5H3. The molecule has 14 heavy (non-hydrogen) atoms. The second-order valence-corrected chi connectivity index (χ2v) is 8.59. The van der Waals surface area contributed by atoms with Crippen LogP contribution in [-0.2, 0) is 4.43 Å². The van der Waals surface area contributed by atoms with Crippen LogP contribution in [0.3, 0.4) is 0 Å². The molecule has 0 bridgehead atoms. The molecule has 0 unspecified atom stereocenters. The van der Waals surface area contributed by atoms with Crippen molar-refractivity contribution < 1.29 is 4.43 Å². The van der Waals surface area contributed by atoms with Gasteiger partial charge in [-0.2, -0.15) is 0 Å². The van der Waals surface area contributed by atoms with E-state index in [-0.39, 0.29) is 0 Å². The fraction of sp³-hybridized carbons (Fsp3) is 1.00. The summed E-state index contributed by atoms with van der Waals surface area (Å²) in [4.78, 5) is 2.56. The second kappa shape index (κ2) is 7.43. The molecule has 0 radical (unpaired) electrons. The maximum absolute atomic E-state index is 5.85. The summed E-state index contributed by atoms with van der Waals surface area (Å²) in [5.41, 5.74) is 0. The van der Waals surface area contributed by atoms with Gasteiger partial charge in [0.15, 0.2) is 8.32 Å². The zero-order valence-corrected chi connectivity index (χ0v) is 11.6. The monoisotopic (exact) mass is 217 g/mol. The normalized spacial score (nSPS) is 12.4. The van der Waals surface area contributed by atoms with E-state index in [9.17, 15) is 0 Å². The van der Waals surface area contributed by atoms with Gasteiger partial charge in [0.25, 0.3) is 0 Å².